The Morgan fingerprint density at radius 2 is 2.00 bits per heavy atom. The number of carbonyl (C=O) groups is 2. The Kier molecular flexibility index (Phi) is 9.78. The van der Waals surface area contributed by atoms with E-state index in [1.807, 2.05) is 44.2 Å². The van der Waals surface area contributed by atoms with Gasteiger partial charge in [-0.3, -0.25) is 10.6 Å². The Hall–Kier alpha value is -1.37. The van der Waals surface area contributed by atoms with Crippen LogP contribution >= 0.6 is 11.8 Å². The van der Waals surface area contributed by atoms with E-state index in [4.69, 9.17) is 5.84 Å². The van der Waals surface area contributed by atoms with Gasteiger partial charge in [-0.25, -0.2) is 5.01 Å². The maximum absolute atomic E-state index is 11.1. The number of thioether (sulfide) groups is 1. The molecule has 0 aromatic heterocycles. The molecular weight excluding hydrogens is 262 g/mol. The molecule has 6 heteroatoms. The number of hydrogen-bond acceptors (Lipinski definition) is 5. The quantitative estimate of drug-likeness (QED) is 0.374. The van der Waals surface area contributed by atoms with Gasteiger partial charge in [0, 0.05) is 13.6 Å². The zero-order valence-electron chi connectivity index (χ0n) is 11.5. The van der Waals surface area contributed by atoms with E-state index in [1.165, 1.54) is 12.1 Å². The molecule has 1 aromatic rings. The highest BCUT2D eigenvalue weighted by Gasteiger charge is 2.18. The lowest BCUT2D eigenvalue weighted by Crippen LogP contribution is -2.40. The van der Waals surface area contributed by atoms with Crippen LogP contribution in [0, 0.1) is 0 Å². The molecule has 0 saturated carbocycles. The molecule has 3 N–H and O–H groups in total. The SMILES string of the molecule is CC.CNC(=O)SC(C=O)N(N)Cc1ccccc1. The van der Waals surface area contributed by atoms with Crippen LogP contribution in [0.1, 0.15) is 19.4 Å². The van der Waals surface area contributed by atoms with Gasteiger partial charge in [0.25, 0.3) is 5.24 Å². The van der Waals surface area contributed by atoms with Crippen molar-refractivity contribution in [1.29, 1.82) is 0 Å². The fourth-order valence-electron chi connectivity index (χ4n) is 1.23. The lowest BCUT2D eigenvalue weighted by Gasteiger charge is -2.21. The first-order chi connectivity index (χ1) is 9.17. The van der Waals surface area contributed by atoms with Crippen molar-refractivity contribution < 1.29 is 9.59 Å². The molecule has 19 heavy (non-hydrogen) atoms. The standard InChI is InChI=1S/C11H15N3O2S.C2H6/c1-13-11(16)17-10(8-15)14(12)7-9-5-3-2-4-6-9;1-2/h2-6,8,10H,7,12H2,1H3,(H,13,16);1-2H3. The van der Waals surface area contributed by atoms with Crippen LogP contribution in [0.2, 0.25) is 0 Å². The largest absolute Gasteiger partial charge is 0.350 e. The smallest absolute Gasteiger partial charge is 0.280 e. The third-order valence-corrected chi connectivity index (χ3v) is 3.12. The van der Waals surface area contributed by atoms with Crippen LogP contribution in [-0.4, -0.2) is 29.0 Å². The van der Waals surface area contributed by atoms with Crippen molar-refractivity contribution in [2.24, 2.45) is 5.84 Å². The molecule has 1 aromatic carbocycles. The monoisotopic (exact) mass is 283 g/mol. The lowest BCUT2D eigenvalue weighted by molar-refractivity contribution is -0.110. The summed E-state index contributed by atoms with van der Waals surface area (Å²) in [5.41, 5.74) is 0.986. The first-order valence-corrected chi connectivity index (χ1v) is 6.94. The maximum atomic E-state index is 11.1. The van der Waals surface area contributed by atoms with Gasteiger partial charge in [-0.05, 0) is 17.3 Å². The molecular formula is C13H21N3O2S. The van der Waals surface area contributed by atoms with Gasteiger partial charge in [0.15, 0.2) is 0 Å². The average Bonchev–Trinajstić information content (AvgIpc) is 2.47. The molecule has 5 nitrogen and oxygen atoms in total. The minimum atomic E-state index is -0.685. The zero-order valence-corrected chi connectivity index (χ0v) is 12.3. The van der Waals surface area contributed by atoms with Crippen molar-refractivity contribution in [2.45, 2.75) is 25.8 Å². The molecule has 0 spiro atoms. The van der Waals surface area contributed by atoms with Gasteiger partial charge in [0.2, 0.25) is 0 Å². The van der Waals surface area contributed by atoms with Gasteiger partial charge in [0.05, 0.1) is 0 Å². The molecule has 106 valence electrons. The number of rotatable bonds is 5. The third kappa shape index (κ3) is 6.95. The molecule has 1 atom stereocenters. The van der Waals surface area contributed by atoms with Gasteiger partial charge in [0.1, 0.15) is 11.7 Å². The number of carbonyl (C=O) groups excluding carboxylic acids is 2. The molecule has 0 bridgehead atoms. The number of hydrazine groups is 1. The second-order valence-electron chi connectivity index (χ2n) is 3.34. The minimum Gasteiger partial charge on any atom is -0.350 e. The molecule has 0 aliphatic carbocycles. The maximum Gasteiger partial charge on any atom is 0.280 e. The number of nitrogens with zero attached hydrogens (tertiary/aromatic N) is 1. The predicted octanol–water partition coefficient (Wildman–Crippen LogP) is 1.99. The van der Waals surface area contributed by atoms with Crippen molar-refractivity contribution in [1.82, 2.24) is 10.3 Å². The highest BCUT2D eigenvalue weighted by molar-refractivity contribution is 8.14. The molecule has 1 unspecified atom stereocenters. The summed E-state index contributed by atoms with van der Waals surface area (Å²) in [5.74, 6) is 5.76. The fraction of sp³-hybridized carbons (Fsp3) is 0.385. The van der Waals surface area contributed by atoms with Gasteiger partial charge >= 0.3 is 0 Å². The van der Waals surface area contributed by atoms with Crippen molar-refractivity contribution in [2.75, 3.05) is 7.05 Å². The summed E-state index contributed by atoms with van der Waals surface area (Å²) in [5, 5.41) is 2.80. The Bertz CT molecular complexity index is 373. The number of nitrogens with two attached hydrogens (primary N) is 1. The molecule has 1 amide bonds. The minimum absolute atomic E-state index is 0.286. The summed E-state index contributed by atoms with van der Waals surface area (Å²) in [4.78, 5) is 22.0. The molecule has 0 heterocycles. The van der Waals surface area contributed by atoms with Gasteiger partial charge in [-0.15, -0.1) is 0 Å². The van der Waals surface area contributed by atoms with E-state index in [2.05, 4.69) is 5.32 Å². The Morgan fingerprint density at radius 1 is 1.42 bits per heavy atom. The van der Waals surface area contributed by atoms with Crippen LogP contribution in [0.3, 0.4) is 0 Å². The van der Waals surface area contributed by atoms with Crippen molar-refractivity contribution in [3.8, 4) is 0 Å². The Morgan fingerprint density at radius 3 is 2.47 bits per heavy atom. The molecule has 0 aliphatic heterocycles. The van der Waals surface area contributed by atoms with Crippen molar-refractivity contribution in [3.05, 3.63) is 35.9 Å². The fourth-order valence-corrected chi connectivity index (χ4v) is 1.83. The zero-order chi connectivity index (χ0) is 14.7. The Balaban J connectivity index is 0.00000154. The summed E-state index contributed by atoms with van der Waals surface area (Å²) < 4.78 is 0. The van der Waals surface area contributed by atoms with E-state index in [-0.39, 0.29) is 5.24 Å². The normalized spacial score (nSPS) is 11.2. The number of aldehydes is 1. The highest BCUT2D eigenvalue weighted by Crippen LogP contribution is 2.14. The molecule has 0 aliphatic rings. The third-order valence-electron chi connectivity index (χ3n) is 2.08. The van der Waals surface area contributed by atoms with E-state index >= 15 is 0 Å². The summed E-state index contributed by atoms with van der Waals surface area (Å²) in [6, 6.07) is 9.51. The average molecular weight is 283 g/mol. The molecule has 0 saturated heterocycles. The van der Waals surface area contributed by atoms with Crippen LogP contribution in [0.15, 0.2) is 30.3 Å². The van der Waals surface area contributed by atoms with Gasteiger partial charge in [-0.2, -0.15) is 0 Å². The first-order valence-electron chi connectivity index (χ1n) is 6.06. The van der Waals surface area contributed by atoms with Crippen LogP contribution < -0.4 is 11.2 Å². The summed E-state index contributed by atoms with van der Waals surface area (Å²) in [6.45, 7) is 4.41. The summed E-state index contributed by atoms with van der Waals surface area (Å²) in [7, 11) is 1.51. The van der Waals surface area contributed by atoms with E-state index < -0.39 is 5.37 Å². The van der Waals surface area contributed by atoms with Gasteiger partial charge < -0.3 is 10.1 Å². The van der Waals surface area contributed by atoms with Crippen LogP contribution in [0.5, 0.6) is 0 Å². The van der Waals surface area contributed by atoms with E-state index in [1.54, 1.807) is 0 Å². The lowest BCUT2D eigenvalue weighted by atomic mass is 10.2. The van der Waals surface area contributed by atoms with Crippen LogP contribution in [-0.2, 0) is 11.3 Å². The molecule has 1 rings (SSSR count). The summed E-state index contributed by atoms with van der Waals surface area (Å²) >= 11 is 0.855. The summed E-state index contributed by atoms with van der Waals surface area (Å²) in [6.07, 6.45) is 0.656. The number of hydrogen-bond donors (Lipinski definition) is 2. The second-order valence-corrected chi connectivity index (χ2v) is 4.43. The second kappa shape index (κ2) is 10.5. The molecule has 0 fully saturated rings. The van der Waals surface area contributed by atoms with E-state index in [9.17, 15) is 9.59 Å². The highest BCUT2D eigenvalue weighted by atomic mass is 32.2. The first kappa shape index (κ1) is 17.6. The number of benzene rings is 1. The van der Waals surface area contributed by atoms with E-state index in [0.29, 0.717) is 12.8 Å². The van der Waals surface area contributed by atoms with Gasteiger partial charge in [-0.1, -0.05) is 44.2 Å². The van der Waals surface area contributed by atoms with Crippen molar-refractivity contribution in [3.63, 3.8) is 0 Å². The number of nitrogens with one attached hydrogen (secondary N) is 1. The van der Waals surface area contributed by atoms with Crippen LogP contribution in [0.25, 0.3) is 0 Å². The van der Waals surface area contributed by atoms with Crippen molar-refractivity contribution >= 4 is 23.3 Å². The Labute approximate surface area is 118 Å². The topological polar surface area (TPSA) is 75.4 Å². The predicted molar refractivity (Wildman–Crippen MR) is 79.4 cm³/mol. The van der Waals surface area contributed by atoms with E-state index in [0.717, 1.165) is 17.3 Å². The van der Waals surface area contributed by atoms with Crippen LogP contribution in [0.4, 0.5) is 4.79 Å². The number of amides is 1. The molecule has 0 radical (unpaired) electrons.